The van der Waals surface area contributed by atoms with Gasteiger partial charge < -0.3 is 5.11 Å². The molecule has 2 aromatic rings. The van der Waals surface area contributed by atoms with E-state index in [1.54, 1.807) is 0 Å². The predicted molar refractivity (Wildman–Crippen MR) is 84.6 cm³/mol. The van der Waals surface area contributed by atoms with Crippen LogP contribution in [-0.4, -0.2) is 16.8 Å². The van der Waals surface area contributed by atoms with Crippen molar-refractivity contribution in [3.8, 4) is 0 Å². The number of carbonyl (C=O) groups is 1. The lowest BCUT2D eigenvalue weighted by Crippen LogP contribution is -2.08. The highest BCUT2D eigenvalue weighted by atomic mass is 32.2. The van der Waals surface area contributed by atoms with Crippen molar-refractivity contribution >= 4 is 23.8 Å². The van der Waals surface area contributed by atoms with Crippen LogP contribution in [0.2, 0.25) is 0 Å². The quantitative estimate of drug-likeness (QED) is 0.761. The van der Waals surface area contributed by atoms with Crippen LogP contribution >= 0.6 is 11.8 Å². The molecule has 0 aliphatic carbocycles. The molecule has 0 aliphatic rings. The molecule has 0 heterocycles. The van der Waals surface area contributed by atoms with E-state index in [1.807, 2.05) is 42.5 Å². The van der Waals surface area contributed by atoms with Crippen molar-refractivity contribution in [2.75, 3.05) is 5.75 Å². The maximum absolute atomic E-state index is 12.6. The summed E-state index contributed by atoms with van der Waals surface area (Å²) in [5.41, 5.74) is -0.295. The van der Waals surface area contributed by atoms with E-state index in [1.165, 1.54) is 17.8 Å². The Morgan fingerprint density at radius 1 is 1.13 bits per heavy atom. The van der Waals surface area contributed by atoms with Crippen molar-refractivity contribution in [2.45, 2.75) is 11.1 Å². The predicted octanol–water partition coefficient (Wildman–Crippen LogP) is 5.21. The number of alkyl halides is 3. The van der Waals surface area contributed by atoms with Crippen LogP contribution < -0.4 is 0 Å². The molecule has 2 nitrogen and oxygen atoms in total. The Morgan fingerprint density at radius 3 is 2.43 bits per heavy atom. The van der Waals surface area contributed by atoms with E-state index in [2.05, 4.69) is 0 Å². The smallest absolute Gasteiger partial charge is 0.416 e. The molecule has 6 heteroatoms. The van der Waals surface area contributed by atoms with Gasteiger partial charge >= 0.3 is 12.1 Å². The van der Waals surface area contributed by atoms with E-state index < -0.39 is 17.7 Å². The lowest BCUT2D eigenvalue weighted by atomic mass is 10.1. The minimum absolute atomic E-state index is 0.309. The molecular formula is C17H13F3O2S. The van der Waals surface area contributed by atoms with Crippen molar-refractivity contribution < 1.29 is 23.1 Å². The minimum atomic E-state index is -4.55. The highest BCUT2D eigenvalue weighted by molar-refractivity contribution is 7.99. The van der Waals surface area contributed by atoms with Crippen LogP contribution in [0.3, 0.4) is 0 Å². The summed E-state index contributed by atoms with van der Waals surface area (Å²) in [7, 11) is 0. The summed E-state index contributed by atoms with van der Waals surface area (Å²) in [5, 5.41) is 9.09. The van der Waals surface area contributed by atoms with Gasteiger partial charge in [0, 0.05) is 10.6 Å². The maximum atomic E-state index is 12.6. The summed E-state index contributed by atoms with van der Waals surface area (Å²) >= 11 is 1.18. The van der Waals surface area contributed by atoms with E-state index in [-0.39, 0.29) is 5.56 Å². The van der Waals surface area contributed by atoms with Crippen LogP contribution in [0.4, 0.5) is 13.2 Å². The summed E-state index contributed by atoms with van der Waals surface area (Å²) in [5.74, 6) is -0.911. The third-order valence-corrected chi connectivity index (χ3v) is 4.01. The van der Waals surface area contributed by atoms with Crippen molar-refractivity contribution in [3.05, 3.63) is 71.3 Å². The number of hydrogen-bond donors (Lipinski definition) is 1. The molecule has 0 saturated carbocycles. The van der Waals surface area contributed by atoms with Crippen LogP contribution in [0, 0.1) is 0 Å². The molecule has 120 valence electrons. The zero-order valence-corrected chi connectivity index (χ0v) is 12.7. The molecular weight excluding hydrogens is 325 g/mol. The Bertz CT molecular complexity index is 710. The number of benzene rings is 2. The number of hydrogen-bond acceptors (Lipinski definition) is 2. The fraction of sp³-hybridized carbons (Fsp3) is 0.118. The number of carboxylic acid groups (broad SMARTS) is 1. The van der Waals surface area contributed by atoms with E-state index in [9.17, 15) is 18.0 Å². The lowest BCUT2D eigenvalue weighted by Gasteiger charge is -2.10. The normalized spacial score (nSPS) is 11.8. The van der Waals surface area contributed by atoms with Gasteiger partial charge in [-0.25, -0.2) is 4.79 Å². The van der Waals surface area contributed by atoms with Crippen LogP contribution in [0.5, 0.6) is 0 Å². The van der Waals surface area contributed by atoms with Gasteiger partial charge in [-0.3, -0.25) is 0 Å². The summed E-state index contributed by atoms with van der Waals surface area (Å²) in [6.45, 7) is 0. The average Bonchev–Trinajstić information content (AvgIpc) is 2.51. The molecule has 2 rings (SSSR count). The Kier molecular flexibility index (Phi) is 5.50. The molecule has 0 amide bonds. The fourth-order valence-electron chi connectivity index (χ4n) is 1.89. The number of thioether (sulfide) groups is 1. The number of rotatable bonds is 5. The maximum Gasteiger partial charge on any atom is 0.416 e. The first-order valence-corrected chi connectivity index (χ1v) is 7.65. The zero-order chi connectivity index (χ0) is 16.9. The molecule has 0 spiro atoms. The third-order valence-electron chi connectivity index (χ3n) is 2.98. The van der Waals surface area contributed by atoms with Gasteiger partial charge in [0.2, 0.25) is 0 Å². The first-order valence-electron chi connectivity index (χ1n) is 6.67. The Morgan fingerprint density at radius 2 is 1.83 bits per heavy atom. The molecule has 0 aliphatic heterocycles. The standard InChI is InChI=1S/C17H13F3O2S/c18-17(19,20)13-8-9-15(14(11-13)16(21)22)23-10-4-7-12-5-2-1-3-6-12/h1-9,11H,10H2,(H,21,22)/b7-4+. The number of carboxylic acids is 1. The fourth-order valence-corrected chi connectivity index (χ4v) is 2.72. The van der Waals surface area contributed by atoms with Crippen molar-refractivity contribution in [2.24, 2.45) is 0 Å². The van der Waals surface area contributed by atoms with Crippen LogP contribution in [0.25, 0.3) is 6.08 Å². The average molecular weight is 338 g/mol. The van der Waals surface area contributed by atoms with E-state index in [0.717, 1.165) is 11.6 Å². The van der Waals surface area contributed by atoms with Crippen LogP contribution in [-0.2, 0) is 6.18 Å². The Balaban J connectivity index is 2.10. The van der Waals surface area contributed by atoms with Crippen LogP contribution in [0.15, 0.2) is 59.5 Å². The Hall–Kier alpha value is -2.21. The van der Waals surface area contributed by atoms with Gasteiger partial charge in [0.15, 0.2) is 0 Å². The summed E-state index contributed by atoms with van der Waals surface area (Å²) in [6, 6.07) is 12.3. The topological polar surface area (TPSA) is 37.3 Å². The zero-order valence-electron chi connectivity index (χ0n) is 11.9. The van der Waals surface area contributed by atoms with Gasteiger partial charge in [0.1, 0.15) is 0 Å². The van der Waals surface area contributed by atoms with Gasteiger partial charge in [-0.1, -0.05) is 42.5 Å². The van der Waals surface area contributed by atoms with Gasteiger partial charge in [-0.15, -0.1) is 11.8 Å². The highest BCUT2D eigenvalue weighted by Gasteiger charge is 2.31. The first-order chi connectivity index (χ1) is 10.9. The molecule has 0 atom stereocenters. The summed E-state index contributed by atoms with van der Waals surface area (Å²) < 4.78 is 37.9. The Labute approximate surface area is 135 Å². The molecule has 0 saturated heterocycles. The van der Waals surface area contributed by atoms with E-state index in [4.69, 9.17) is 5.11 Å². The molecule has 0 fully saturated rings. The molecule has 2 aromatic carbocycles. The minimum Gasteiger partial charge on any atom is -0.478 e. The molecule has 0 aromatic heterocycles. The first kappa shape index (κ1) is 17.1. The molecule has 23 heavy (non-hydrogen) atoms. The second-order valence-electron chi connectivity index (χ2n) is 4.64. The van der Waals surface area contributed by atoms with Gasteiger partial charge in [-0.05, 0) is 23.8 Å². The lowest BCUT2D eigenvalue weighted by molar-refractivity contribution is -0.137. The van der Waals surface area contributed by atoms with Gasteiger partial charge in [0.05, 0.1) is 11.1 Å². The van der Waals surface area contributed by atoms with Crippen molar-refractivity contribution in [1.82, 2.24) is 0 Å². The third kappa shape index (κ3) is 4.89. The van der Waals surface area contributed by atoms with Crippen molar-refractivity contribution in [3.63, 3.8) is 0 Å². The second kappa shape index (κ2) is 7.37. The molecule has 1 N–H and O–H groups in total. The molecule has 0 bridgehead atoms. The number of halogens is 3. The monoisotopic (exact) mass is 338 g/mol. The van der Waals surface area contributed by atoms with E-state index >= 15 is 0 Å². The molecule has 0 unspecified atom stereocenters. The second-order valence-corrected chi connectivity index (χ2v) is 5.70. The van der Waals surface area contributed by atoms with Gasteiger partial charge in [-0.2, -0.15) is 13.2 Å². The largest absolute Gasteiger partial charge is 0.478 e. The van der Waals surface area contributed by atoms with Crippen molar-refractivity contribution in [1.29, 1.82) is 0 Å². The van der Waals surface area contributed by atoms with Gasteiger partial charge in [0.25, 0.3) is 0 Å². The summed E-state index contributed by atoms with van der Waals surface area (Å²) in [4.78, 5) is 11.5. The number of aromatic carboxylic acids is 1. The summed E-state index contributed by atoms with van der Waals surface area (Å²) in [6.07, 6.45) is -0.846. The highest BCUT2D eigenvalue weighted by Crippen LogP contribution is 2.33. The van der Waals surface area contributed by atoms with Crippen LogP contribution in [0.1, 0.15) is 21.5 Å². The molecule has 0 radical (unpaired) electrons. The van der Waals surface area contributed by atoms with E-state index in [0.29, 0.717) is 16.7 Å². The SMILES string of the molecule is O=C(O)c1cc(C(F)(F)F)ccc1SC/C=C/c1ccccc1.